The second-order valence-corrected chi connectivity index (χ2v) is 0.291. The number of nitroso groups, excluding NO2 is 1. The van der Waals surface area contributed by atoms with Crippen molar-refractivity contribution in [1.29, 1.82) is 0 Å². The van der Waals surface area contributed by atoms with Crippen LogP contribution in [0, 0.1) is 4.91 Å². The average molecular weight is 80.0 g/mol. The van der Waals surface area contributed by atoms with E-state index in [9.17, 15) is 0 Å². The Bertz CT molecular complexity index is 36.8. The molecular weight excluding hydrogens is 79.0 g/mol. The van der Waals surface area contributed by atoms with Gasteiger partial charge in [0.2, 0.25) is 0 Å². The summed E-state index contributed by atoms with van der Waals surface area (Å²) in [7, 11) is 0. The molecule has 5 nitrogen and oxygen atoms in total. The van der Waals surface area contributed by atoms with Crippen LogP contribution in [0.3, 0.4) is 0 Å². The fourth-order valence-corrected chi connectivity index (χ4v) is 0.0183. The maximum absolute atomic E-state index is 8.79. The van der Waals surface area contributed by atoms with Crippen LogP contribution in [0.5, 0.6) is 0 Å². The molecular formula is HLiN4O. The van der Waals surface area contributed by atoms with Gasteiger partial charge in [-0.1, -0.05) is 0 Å². The zero-order valence-electron chi connectivity index (χ0n) is 3.25. The molecule has 0 spiro atoms. The van der Waals surface area contributed by atoms with E-state index in [0.29, 0.717) is 0 Å². The Labute approximate surface area is 46.1 Å². The Morgan fingerprint density at radius 2 is 2.17 bits per heavy atom. The van der Waals surface area contributed by atoms with Crippen molar-refractivity contribution in [2.75, 3.05) is 0 Å². The Morgan fingerprint density at radius 1 is 1.67 bits per heavy atom. The Morgan fingerprint density at radius 3 is 2.17 bits per heavy atom. The quantitative estimate of drug-likeness (QED) is 0.168. The summed E-state index contributed by atoms with van der Waals surface area (Å²) in [5.74, 6) is 0. The van der Waals surface area contributed by atoms with Crippen molar-refractivity contribution in [2.24, 2.45) is 10.5 Å². The van der Waals surface area contributed by atoms with Crippen LogP contribution in [-0.4, -0.2) is 0 Å². The van der Waals surface area contributed by atoms with Crippen molar-refractivity contribution in [2.45, 2.75) is 0 Å². The van der Waals surface area contributed by atoms with Crippen LogP contribution >= 0.6 is 0 Å². The van der Waals surface area contributed by atoms with Gasteiger partial charge in [-0.15, -0.1) is 4.91 Å². The number of nitrogens with zero attached hydrogens (tertiary/aromatic N) is 3. The maximum Gasteiger partial charge on any atom is 1.00 e. The SMILES string of the molecule is [Li+].[N-]=NNN=O. The molecule has 0 aliphatic rings. The fourth-order valence-electron chi connectivity index (χ4n) is 0.0183. The van der Waals surface area contributed by atoms with Crippen molar-refractivity contribution in [3.8, 4) is 0 Å². The molecule has 0 saturated heterocycles. The molecule has 0 radical (unpaired) electrons. The molecule has 0 aromatic heterocycles. The van der Waals surface area contributed by atoms with Gasteiger partial charge in [-0.25, -0.2) is 0 Å². The van der Waals surface area contributed by atoms with Crippen LogP contribution in [-0.2, 0) is 0 Å². The molecule has 0 aromatic rings. The second kappa shape index (κ2) is 8.82. The number of rotatable bonds is 2. The van der Waals surface area contributed by atoms with Crippen LogP contribution < -0.4 is 24.4 Å². The normalized spacial score (nSPS) is 4.67. The molecule has 6 heavy (non-hydrogen) atoms. The van der Waals surface area contributed by atoms with E-state index in [-0.39, 0.29) is 18.9 Å². The van der Waals surface area contributed by atoms with Crippen LogP contribution in [0.1, 0.15) is 0 Å². The third-order valence-corrected chi connectivity index (χ3v) is 0.0855. The molecule has 28 valence electrons. The summed E-state index contributed by atoms with van der Waals surface area (Å²) in [4.78, 5) is 8.79. The predicted octanol–water partition coefficient (Wildman–Crippen LogP) is -2.80. The topological polar surface area (TPSA) is 76.1 Å². The summed E-state index contributed by atoms with van der Waals surface area (Å²) >= 11 is 0. The molecule has 0 aliphatic carbocycles. The van der Waals surface area contributed by atoms with Crippen molar-refractivity contribution < 1.29 is 18.9 Å². The minimum atomic E-state index is 0. The van der Waals surface area contributed by atoms with Gasteiger partial charge in [-0.05, 0) is 5.29 Å². The van der Waals surface area contributed by atoms with Crippen LogP contribution in [0.2, 0.25) is 0 Å². The predicted molar refractivity (Wildman–Crippen MR) is 14.7 cm³/mol. The average Bonchev–Trinajstić information content (AvgIpc) is 1.41. The smallest absolute Gasteiger partial charge is 0.360 e. The molecule has 0 aliphatic heterocycles. The first-order valence-electron chi connectivity index (χ1n) is 0.830. The molecule has 0 rings (SSSR count). The van der Waals surface area contributed by atoms with Crippen molar-refractivity contribution in [1.82, 2.24) is 5.53 Å². The van der Waals surface area contributed by atoms with Gasteiger partial charge in [0.25, 0.3) is 0 Å². The summed E-state index contributed by atoms with van der Waals surface area (Å²) in [5.41, 5.74) is 8.65. The van der Waals surface area contributed by atoms with Crippen molar-refractivity contribution >= 4 is 0 Å². The molecule has 0 bridgehead atoms. The molecule has 0 fully saturated rings. The molecule has 0 heterocycles. The minimum Gasteiger partial charge on any atom is -0.360 e. The third-order valence-electron chi connectivity index (χ3n) is 0.0855. The summed E-state index contributed by atoms with van der Waals surface area (Å²) < 4.78 is 0. The molecule has 0 aromatic carbocycles. The van der Waals surface area contributed by atoms with Gasteiger partial charge in [-0.2, -0.15) is 0 Å². The van der Waals surface area contributed by atoms with Gasteiger partial charge < -0.3 is 5.53 Å². The van der Waals surface area contributed by atoms with Gasteiger partial charge in [0.1, 0.15) is 0 Å². The fraction of sp³-hybridized carbons (Fsp3) is 0. The number of hydrogen-bond acceptors (Lipinski definition) is 3. The summed E-state index contributed by atoms with van der Waals surface area (Å²) in [5, 5.41) is 4.06. The maximum atomic E-state index is 8.79. The monoisotopic (exact) mass is 80.0 g/mol. The van der Waals surface area contributed by atoms with Crippen LogP contribution in [0.4, 0.5) is 0 Å². The molecule has 6 heteroatoms. The summed E-state index contributed by atoms with van der Waals surface area (Å²) in [6, 6.07) is 0. The van der Waals surface area contributed by atoms with E-state index in [0.717, 1.165) is 0 Å². The minimum absolute atomic E-state index is 0. The van der Waals surface area contributed by atoms with Crippen molar-refractivity contribution in [3.63, 3.8) is 0 Å². The Balaban J connectivity index is 0. The van der Waals surface area contributed by atoms with Gasteiger partial charge in [0, 0.05) is 0 Å². The van der Waals surface area contributed by atoms with E-state index in [1.54, 1.807) is 0 Å². The van der Waals surface area contributed by atoms with Crippen LogP contribution in [0.15, 0.2) is 10.5 Å². The molecule has 0 unspecified atom stereocenters. The van der Waals surface area contributed by atoms with E-state index in [1.165, 1.54) is 5.53 Å². The molecule has 1 N–H and O–H groups in total. The standard InChI is InChI=1S/Li.HN4O/c;1-2-3-4-5/h;(H-,1,3,5)/q+1;-1. The first kappa shape index (κ1) is 9.14. The largest absolute Gasteiger partial charge is 1.00 e. The second-order valence-electron chi connectivity index (χ2n) is 0.291. The Hall–Kier alpha value is -0.403. The van der Waals surface area contributed by atoms with E-state index in [1.807, 2.05) is 5.29 Å². The Kier molecular flexibility index (Phi) is 13.4. The number of nitrogens with one attached hydrogen (secondary N) is 1. The molecule has 0 saturated carbocycles. The van der Waals surface area contributed by atoms with E-state index < -0.39 is 0 Å². The molecule has 0 amide bonds. The van der Waals surface area contributed by atoms with Gasteiger partial charge in [0.15, 0.2) is 0 Å². The zero-order chi connectivity index (χ0) is 4.12. The number of hydrogen-bond donors (Lipinski definition) is 1. The van der Waals surface area contributed by atoms with E-state index >= 15 is 0 Å². The first-order chi connectivity index (χ1) is 2.41. The van der Waals surface area contributed by atoms with E-state index in [2.05, 4.69) is 5.22 Å². The van der Waals surface area contributed by atoms with E-state index in [4.69, 9.17) is 10.4 Å². The third kappa shape index (κ3) is 9.51. The van der Waals surface area contributed by atoms with Crippen LogP contribution in [0.25, 0.3) is 5.53 Å². The zero-order valence-corrected chi connectivity index (χ0v) is 3.25. The van der Waals surface area contributed by atoms with Gasteiger partial charge in [-0.3, -0.25) is 10.8 Å². The molecule has 0 atom stereocenters. The summed E-state index contributed by atoms with van der Waals surface area (Å²) in [6.07, 6.45) is 0. The summed E-state index contributed by atoms with van der Waals surface area (Å²) in [6.45, 7) is 0. The van der Waals surface area contributed by atoms with Gasteiger partial charge in [0.05, 0.1) is 0 Å². The first-order valence-corrected chi connectivity index (χ1v) is 0.830. The van der Waals surface area contributed by atoms with Gasteiger partial charge >= 0.3 is 18.9 Å². The van der Waals surface area contributed by atoms with Crippen molar-refractivity contribution in [3.05, 3.63) is 10.4 Å².